The maximum atomic E-state index is 12.6. The minimum absolute atomic E-state index is 0.00123. The van der Waals surface area contributed by atoms with Gasteiger partial charge in [-0.3, -0.25) is 0 Å². The van der Waals surface area contributed by atoms with E-state index in [0.717, 1.165) is 41.5 Å². The second kappa shape index (κ2) is 7.99. The van der Waals surface area contributed by atoms with E-state index >= 15 is 0 Å². The molecule has 3 rings (SSSR count). The summed E-state index contributed by atoms with van der Waals surface area (Å²) in [6.45, 7) is 6.65. The van der Waals surface area contributed by atoms with Crippen LogP contribution in [0.25, 0.3) is 11.0 Å². The zero-order chi connectivity index (χ0) is 19.4. The smallest absolute Gasteiger partial charge is 0.339 e. The van der Waals surface area contributed by atoms with E-state index < -0.39 is 0 Å². The molecule has 0 aliphatic rings. The van der Waals surface area contributed by atoms with Gasteiger partial charge in [-0.05, 0) is 41.2 Å². The normalized spacial score (nSPS) is 11.7. The van der Waals surface area contributed by atoms with Crippen molar-refractivity contribution in [1.82, 2.24) is 0 Å². The van der Waals surface area contributed by atoms with Crippen molar-refractivity contribution in [2.24, 2.45) is 0 Å². The molecule has 0 aliphatic carbocycles. The number of hydrogen-bond acceptors (Lipinski definition) is 3. The molecule has 27 heavy (non-hydrogen) atoms. The minimum Gasteiger partial charge on any atom is -0.496 e. The fraction of sp³-hybridized carbons (Fsp3) is 0.375. The van der Waals surface area contributed by atoms with Gasteiger partial charge in [0.15, 0.2) is 0 Å². The van der Waals surface area contributed by atoms with Gasteiger partial charge < -0.3 is 9.15 Å². The van der Waals surface area contributed by atoms with Gasteiger partial charge in [-0.2, -0.15) is 0 Å². The number of benzene rings is 2. The van der Waals surface area contributed by atoms with Crippen molar-refractivity contribution in [1.29, 1.82) is 0 Å². The lowest BCUT2D eigenvalue weighted by molar-refractivity contribution is 0.412. The molecule has 0 amide bonds. The molecule has 0 saturated carbocycles. The van der Waals surface area contributed by atoms with E-state index in [-0.39, 0.29) is 11.0 Å². The first-order valence-corrected chi connectivity index (χ1v) is 9.64. The molecule has 2 aromatic carbocycles. The molecular weight excluding hydrogens is 336 g/mol. The van der Waals surface area contributed by atoms with E-state index in [1.807, 2.05) is 42.5 Å². The Morgan fingerprint density at radius 3 is 2.48 bits per heavy atom. The second-order valence-electron chi connectivity index (χ2n) is 7.80. The van der Waals surface area contributed by atoms with Crippen LogP contribution >= 0.6 is 0 Å². The van der Waals surface area contributed by atoms with Crippen molar-refractivity contribution in [2.45, 2.75) is 51.9 Å². The van der Waals surface area contributed by atoms with Crippen molar-refractivity contribution >= 4 is 11.0 Å². The van der Waals surface area contributed by atoms with Crippen molar-refractivity contribution in [3.8, 4) is 5.75 Å². The Morgan fingerprint density at radius 2 is 1.81 bits per heavy atom. The van der Waals surface area contributed by atoms with Crippen LogP contribution < -0.4 is 10.4 Å². The first-order valence-electron chi connectivity index (χ1n) is 9.64. The Balaban J connectivity index is 2.07. The van der Waals surface area contributed by atoms with E-state index in [0.29, 0.717) is 17.6 Å². The summed E-state index contributed by atoms with van der Waals surface area (Å²) in [5.41, 5.74) is 3.18. The molecule has 0 bridgehead atoms. The van der Waals surface area contributed by atoms with Crippen LogP contribution in [0.3, 0.4) is 0 Å². The van der Waals surface area contributed by atoms with Crippen LogP contribution in [0.15, 0.2) is 57.7 Å². The number of ether oxygens (including phenoxy) is 1. The molecule has 0 unspecified atom stereocenters. The zero-order valence-corrected chi connectivity index (χ0v) is 16.7. The molecule has 142 valence electrons. The minimum atomic E-state index is -0.281. The summed E-state index contributed by atoms with van der Waals surface area (Å²) in [6, 6.07) is 15.9. The third-order valence-electron chi connectivity index (χ3n) is 5.28. The van der Waals surface area contributed by atoms with E-state index in [2.05, 4.69) is 26.8 Å². The first kappa shape index (κ1) is 19.2. The summed E-state index contributed by atoms with van der Waals surface area (Å²) in [4.78, 5) is 12.6. The summed E-state index contributed by atoms with van der Waals surface area (Å²) in [7, 11) is 1.67. The summed E-state index contributed by atoms with van der Waals surface area (Å²) in [5.74, 6) is 0.755. The molecule has 0 spiro atoms. The Kier molecular flexibility index (Phi) is 5.69. The lowest BCUT2D eigenvalue weighted by Gasteiger charge is -2.26. The van der Waals surface area contributed by atoms with E-state index in [4.69, 9.17) is 9.15 Å². The predicted octanol–water partition coefficient (Wildman–Crippen LogP) is 5.86. The highest BCUT2D eigenvalue weighted by Gasteiger charge is 2.23. The molecule has 0 fully saturated rings. The van der Waals surface area contributed by atoms with Crippen LogP contribution in [0, 0.1) is 0 Å². The summed E-state index contributed by atoms with van der Waals surface area (Å²) in [6.07, 6.45) is 3.94. The molecule has 1 heterocycles. The molecule has 3 nitrogen and oxygen atoms in total. The van der Waals surface area contributed by atoms with Gasteiger partial charge in [-0.15, -0.1) is 0 Å². The van der Waals surface area contributed by atoms with E-state index in [1.165, 1.54) is 0 Å². The van der Waals surface area contributed by atoms with Crippen molar-refractivity contribution in [2.75, 3.05) is 7.11 Å². The summed E-state index contributed by atoms with van der Waals surface area (Å²) in [5, 5.41) is 0.845. The van der Waals surface area contributed by atoms with Gasteiger partial charge in [0.2, 0.25) is 0 Å². The van der Waals surface area contributed by atoms with Gasteiger partial charge in [-0.25, -0.2) is 4.79 Å². The van der Waals surface area contributed by atoms with Gasteiger partial charge in [0, 0.05) is 12.0 Å². The van der Waals surface area contributed by atoms with Gasteiger partial charge in [0.1, 0.15) is 11.3 Å². The topological polar surface area (TPSA) is 39.4 Å². The van der Waals surface area contributed by atoms with Crippen LogP contribution in [0.2, 0.25) is 0 Å². The van der Waals surface area contributed by atoms with Crippen LogP contribution in [-0.4, -0.2) is 7.11 Å². The molecule has 0 radical (unpaired) electrons. The first-order chi connectivity index (χ1) is 12.9. The van der Waals surface area contributed by atoms with Gasteiger partial charge >= 0.3 is 5.63 Å². The van der Waals surface area contributed by atoms with Gasteiger partial charge in [0.25, 0.3) is 0 Å². The van der Waals surface area contributed by atoms with Gasteiger partial charge in [-0.1, -0.05) is 63.9 Å². The third kappa shape index (κ3) is 4.24. The quantitative estimate of drug-likeness (QED) is 0.493. The van der Waals surface area contributed by atoms with E-state index in [9.17, 15) is 4.79 Å². The van der Waals surface area contributed by atoms with Crippen LogP contribution in [-0.2, 0) is 11.8 Å². The molecule has 3 heteroatoms. The Labute approximate surface area is 161 Å². The Morgan fingerprint density at radius 1 is 1.07 bits per heavy atom. The van der Waals surface area contributed by atoms with E-state index in [1.54, 1.807) is 7.11 Å². The predicted molar refractivity (Wildman–Crippen MR) is 111 cm³/mol. The van der Waals surface area contributed by atoms with Gasteiger partial charge in [0.05, 0.1) is 12.5 Å². The van der Waals surface area contributed by atoms with Crippen molar-refractivity contribution in [3.63, 3.8) is 0 Å². The Hall–Kier alpha value is -2.55. The third-order valence-corrected chi connectivity index (χ3v) is 5.28. The number of rotatable bonds is 7. The molecule has 0 N–H and O–H groups in total. The molecule has 1 aromatic heterocycles. The highest BCUT2D eigenvalue weighted by atomic mass is 16.5. The Bertz CT molecular complexity index is 968. The maximum absolute atomic E-state index is 12.6. The highest BCUT2D eigenvalue weighted by Crippen LogP contribution is 2.36. The molecule has 0 atom stereocenters. The van der Waals surface area contributed by atoms with Crippen LogP contribution in [0.1, 0.15) is 56.7 Å². The van der Waals surface area contributed by atoms with Crippen LogP contribution in [0.5, 0.6) is 5.75 Å². The monoisotopic (exact) mass is 364 g/mol. The standard InChI is InChI=1S/C24H28O3/c1-5-6-12-24(2,3)19-15-21(26-4)20-14-18(23(25)27-22(20)16-19)13-17-10-8-7-9-11-17/h7-11,14-16H,5-6,12-13H2,1-4H3. The van der Waals surface area contributed by atoms with Crippen molar-refractivity contribution in [3.05, 3.63) is 75.6 Å². The average molecular weight is 364 g/mol. The molecule has 0 saturated heterocycles. The molecular formula is C24H28O3. The number of hydrogen-bond donors (Lipinski definition) is 0. The largest absolute Gasteiger partial charge is 0.496 e. The lowest BCUT2D eigenvalue weighted by atomic mass is 9.80. The number of fused-ring (bicyclic) bond motifs is 1. The summed E-state index contributed by atoms with van der Waals surface area (Å²) >= 11 is 0. The SMILES string of the molecule is CCCCC(C)(C)c1cc(OC)c2cc(Cc3ccccc3)c(=O)oc2c1. The zero-order valence-electron chi connectivity index (χ0n) is 16.7. The fourth-order valence-electron chi connectivity index (χ4n) is 3.49. The van der Waals surface area contributed by atoms with Crippen molar-refractivity contribution < 1.29 is 9.15 Å². The van der Waals surface area contributed by atoms with Crippen LogP contribution in [0.4, 0.5) is 0 Å². The lowest BCUT2D eigenvalue weighted by Crippen LogP contribution is -2.17. The fourth-order valence-corrected chi connectivity index (χ4v) is 3.49. The number of methoxy groups -OCH3 is 1. The summed E-state index contributed by atoms with van der Waals surface area (Å²) < 4.78 is 11.4. The average Bonchev–Trinajstić information content (AvgIpc) is 2.67. The molecule has 3 aromatic rings. The maximum Gasteiger partial charge on any atom is 0.339 e. The number of unbranched alkanes of at least 4 members (excludes halogenated alkanes) is 1. The highest BCUT2D eigenvalue weighted by molar-refractivity contribution is 5.85. The molecule has 0 aliphatic heterocycles. The second-order valence-corrected chi connectivity index (χ2v) is 7.80.